The summed E-state index contributed by atoms with van der Waals surface area (Å²) in [6.45, 7) is 2.33. The fourth-order valence-corrected chi connectivity index (χ4v) is 2.40. The van der Waals surface area contributed by atoms with Gasteiger partial charge in [-0.05, 0) is 18.6 Å². The molecule has 1 aromatic carbocycles. The summed E-state index contributed by atoms with van der Waals surface area (Å²) in [5.41, 5.74) is 1.03. The fraction of sp³-hybridized carbons (Fsp3) is 0.400. The van der Waals surface area contributed by atoms with E-state index >= 15 is 0 Å². The van der Waals surface area contributed by atoms with Crippen LogP contribution < -0.4 is 5.43 Å². The van der Waals surface area contributed by atoms with Crippen molar-refractivity contribution in [1.29, 1.82) is 0 Å². The molecular formula is C15H17NO3. The molecule has 2 aromatic rings. The zero-order valence-corrected chi connectivity index (χ0v) is 10.7. The highest BCUT2D eigenvalue weighted by molar-refractivity contribution is 5.78. The molecule has 0 unspecified atom stereocenters. The van der Waals surface area contributed by atoms with E-state index in [9.17, 15) is 4.79 Å². The number of nitrogens with zero attached hydrogens (tertiary/aromatic N) is 1. The third-order valence-electron chi connectivity index (χ3n) is 3.39. The number of para-hydroxylation sites is 1. The van der Waals surface area contributed by atoms with Gasteiger partial charge >= 0.3 is 0 Å². The van der Waals surface area contributed by atoms with Crippen molar-refractivity contribution in [2.45, 2.75) is 25.7 Å². The summed E-state index contributed by atoms with van der Waals surface area (Å²) >= 11 is 0. The van der Waals surface area contributed by atoms with Gasteiger partial charge < -0.3 is 14.0 Å². The van der Waals surface area contributed by atoms with Crippen LogP contribution in [0.25, 0.3) is 10.9 Å². The van der Waals surface area contributed by atoms with Gasteiger partial charge in [-0.15, -0.1) is 0 Å². The van der Waals surface area contributed by atoms with E-state index in [2.05, 4.69) is 4.57 Å². The smallest absolute Gasteiger partial charge is 0.189 e. The highest BCUT2D eigenvalue weighted by atomic mass is 16.7. The van der Waals surface area contributed by atoms with Gasteiger partial charge in [0, 0.05) is 30.6 Å². The Bertz CT molecular complexity index is 614. The zero-order valence-electron chi connectivity index (χ0n) is 10.7. The lowest BCUT2D eigenvalue weighted by atomic mass is 10.2. The van der Waals surface area contributed by atoms with Crippen molar-refractivity contribution in [2.24, 2.45) is 0 Å². The molecule has 0 spiro atoms. The normalized spacial score (nSPS) is 16.8. The van der Waals surface area contributed by atoms with Crippen LogP contribution in [0, 0.1) is 0 Å². The summed E-state index contributed by atoms with van der Waals surface area (Å²) in [5.74, 6) is 0. The quantitative estimate of drug-likeness (QED) is 0.848. The molecule has 0 aliphatic carbocycles. The molecule has 19 heavy (non-hydrogen) atoms. The molecule has 1 aliphatic rings. The Morgan fingerprint density at radius 3 is 2.79 bits per heavy atom. The van der Waals surface area contributed by atoms with E-state index in [0.29, 0.717) is 0 Å². The Morgan fingerprint density at radius 1 is 1.16 bits per heavy atom. The number of hydrogen-bond donors (Lipinski definition) is 0. The molecule has 1 aromatic heterocycles. The molecule has 0 bridgehead atoms. The molecule has 3 rings (SSSR count). The van der Waals surface area contributed by atoms with E-state index < -0.39 is 0 Å². The highest BCUT2D eigenvalue weighted by Gasteiger charge is 2.14. The average Bonchev–Trinajstić information content (AvgIpc) is 2.48. The topological polar surface area (TPSA) is 40.5 Å². The standard InChI is InChI=1S/C15H17NO3/c17-14-6-8-16(13-5-2-1-4-12(13)14)9-7-15-18-10-3-11-19-15/h1-2,4-6,8,15H,3,7,9-11H2. The number of pyridine rings is 1. The zero-order chi connectivity index (χ0) is 13.1. The predicted octanol–water partition coefficient (Wildman–Crippen LogP) is 2.15. The lowest BCUT2D eigenvalue weighted by Gasteiger charge is -2.23. The van der Waals surface area contributed by atoms with Crippen LogP contribution in [0.1, 0.15) is 12.8 Å². The van der Waals surface area contributed by atoms with Crippen LogP contribution in [0.4, 0.5) is 0 Å². The number of hydrogen-bond acceptors (Lipinski definition) is 3. The van der Waals surface area contributed by atoms with Gasteiger partial charge in [0.1, 0.15) is 0 Å². The molecule has 0 radical (unpaired) electrons. The van der Waals surface area contributed by atoms with E-state index in [1.165, 1.54) is 0 Å². The number of ether oxygens (including phenoxy) is 2. The Kier molecular flexibility index (Phi) is 3.62. The van der Waals surface area contributed by atoms with Crippen LogP contribution in [-0.2, 0) is 16.0 Å². The van der Waals surface area contributed by atoms with Crippen molar-refractivity contribution < 1.29 is 9.47 Å². The minimum Gasteiger partial charge on any atom is -0.353 e. The molecular weight excluding hydrogens is 242 g/mol. The molecule has 4 heteroatoms. The van der Waals surface area contributed by atoms with Crippen LogP contribution in [0.2, 0.25) is 0 Å². The van der Waals surface area contributed by atoms with Gasteiger partial charge in [0.2, 0.25) is 0 Å². The molecule has 100 valence electrons. The van der Waals surface area contributed by atoms with E-state index in [-0.39, 0.29) is 11.7 Å². The van der Waals surface area contributed by atoms with E-state index in [4.69, 9.17) is 9.47 Å². The third-order valence-corrected chi connectivity index (χ3v) is 3.39. The molecule has 0 amide bonds. The maximum atomic E-state index is 11.8. The molecule has 1 fully saturated rings. The first-order chi connectivity index (χ1) is 9.34. The summed E-state index contributed by atoms with van der Waals surface area (Å²) in [7, 11) is 0. The lowest BCUT2D eigenvalue weighted by molar-refractivity contribution is -0.182. The first-order valence-electron chi connectivity index (χ1n) is 6.66. The van der Waals surface area contributed by atoms with Gasteiger partial charge in [0.05, 0.1) is 18.7 Å². The first kappa shape index (κ1) is 12.4. The maximum Gasteiger partial charge on any atom is 0.189 e. The lowest BCUT2D eigenvalue weighted by Crippen LogP contribution is -2.26. The van der Waals surface area contributed by atoms with Gasteiger partial charge in [0.25, 0.3) is 0 Å². The number of rotatable bonds is 3. The summed E-state index contributed by atoms with van der Waals surface area (Å²) in [6, 6.07) is 9.29. The van der Waals surface area contributed by atoms with Gasteiger partial charge in [-0.25, -0.2) is 0 Å². The van der Waals surface area contributed by atoms with E-state index in [0.717, 1.165) is 43.5 Å². The van der Waals surface area contributed by atoms with Gasteiger partial charge in [-0.3, -0.25) is 4.79 Å². The van der Waals surface area contributed by atoms with Crippen molar-refractivity contribution in [3.8, 4) is 0 Å². The largest absolute Gasteiger partial charge is 0.353 e. The average molecular weight is 259 g/mol. The molecule has 4 nitrogen and oxygen atoms in total. The van der Waals surface area contributed by atoms with Crippen molar-refractivity contribution in [3.05, 3.63) is 46.8 Å². The number of aryl methyl sites for hydroxylation is 1. The van der Waals surface area contributed by atoms with Gasteiger partial charge in [-0.1, -0.05) is 12.1 Å². The monoisotopic (exact) mass is 259 g/mol. The second kappa shape index (κ2) is 5.55. The van der Waals surface area contributed by atoms with E-state index in [1.807, 2.05) is 30.5 Å². The minimum absolute atomic E-state index is 0.0667. The summed E-state index contributed by atoms with van der Waals surface area (Å²) < 4.78 is 13.2. The number of benzene rings is 1. The van der Waals surface area contributed by atoms with E-state index in [1.54, 1.807) is 6.07 Å². The second-order valence-electron chi connectivity index (χ2n) is 4.70. The summed E-state index contributed by atoms with van der Waals surface area (Å²) in [5, 5.41) is 0.760. The van der Waals surface area contributed by atoms with Crippen LogP contribution in [0.15, 0.2) is 41.3 Å². The molecule has 1 aliphatic heterocycles. The fourth-order valence-electron chi connectivity index (χ4n) is 2.40. The Morgan fingerprint density at radius 2 is 1.95 bits per heavy atom. The van der Waals surface area contributed by atoms with Crippen LogP contribution in [0.5, 0.6) is 0 Å². The highest BCUT2D eigenvalue weighted by Crippen LogP contribution is 2.13. The first-order valence-corrected chi connectivity index (χ1v) is 6.66. The SMILES string of the molecule is O=c1ccn(CCC2OCCCO2)c2ccccc12. The minimum atomic E-state index is -0.119. The molecule has 1 saturated heterocycles. The number of aromatic nitrogens is 1. The Balaban J connectivity index is 1.81. The summed E-state index contributed by atoms with van der Waals surface area (Å²) in [6.07, 6.45) is 3.49. The van der Waals surface area contributed by atoms with Crippen LogP contribution in [0.3, 0.4) is 0 Å². The number of fused-ring (bicyclic) bond motifs is 1. The second-order valence-corrected chi connectivity index (χ2v) is 4.70. The maximum absolute atomic E-state index is 11.8. The van der Waals surface area contributed by atoms with Crippen molar-refractivity contribution in [3.63, 3.8) is 0 Å². The molecule has 0 N–H and O–H groups in total. The summed E-state index contributed by atoms with van der Waals surface area (Å²) in [4.78, 5) is 11.8. The molecule has 0 atom stereocenters. The van der Waals surface area contributed by atoms with Crippen LogP contribution >= 0.6 is 0 Å². The third kappa shape index (κ3) is 2.69. The van der Waals surface area contributed by atoms with Gasteiger partial charge in [-0.2, -0.15) is 0 Å². The molecule has 0 saturated carbocycles. The van der Waals surface area contributed by atoms with Crippen LogP contribution in [-0.4, -0.2) is 24.1 Å². The Hall–Kier alpha value is -1.65. The van der Waals surface area contributed by atoms with Gasteiger partial charge in [0.15, 0.2) is 11.7 Å². The van der Waals surface area contributed by atoms with Crippen molar-refractivity contribution >= 4 is 10.9 Å². The Labute approximate surface area is 111 Å². The van der Waals surface area contributed by atoms with Crippen molar-refractivity contribution in [1.82, 2.24) is 4.57 Å². The van der Waals surface area contributed by atoms with Crippen molar-refractivity contribution in [2.75, 3.05) is 13.2 Å². The molecule has 2 heterocycles. The predicted molar refractivity (Wildman–Crippen MR) is 73.1 cm³/mol.